The van der Waals surface area contributed by atoms with E-state index in [-0.39, 0.29) is 5.95 Å². The molecule has 0 saturated carbocycles. The molecule has 0 aliphatic rings. The van der Waals surface area contributed by atoms with Gasteiger partial charge in [-0.25, -0.2) is 4.98 Å². The maximum Gasteiger partial charge on any atom is 0.272 e. The molecule has 7 nitrogen and oxygen atoms in total. The molecule has 1 aromatic carbocycles. The van der Waals surface area contributed by atoms with E-state index < -0.39 is 0 Å². The van der Waals surface area contributed by atoms with Gasteiger partial charge in [-0.05, 0) is 29.8 Å². The summed E-state index contributed by atoms with van der Waals surface area (Å²) in [6, 6.07) is 9.40. The van der Waals surface area contributed by atoms with Crippen LogP contribution < -0.4 is 5.48 Å². The van der Waals surface area contributed by atoms with Gasteiger partial charge in [-0.1, -0.05) is 29.8 Å². The van der Waals surface area contributed by atoms with Gasteiger partial charge < -0.3 is 0 Å². The molecule has 1 N–H and O–H groups in total. The van der Waals surface area contributed by atoms with Crippen molar-refractivity contribution in [3.8, 4) is 0 Å². The molecule has 0 amide bonds. The summed E-state index contributed by atoms with van der Waals surface area (Å²) in [6.45, 7) is 0. The van der Waals surface area contributed by atoms with Crippen molar-refractivity contribution in [2.45, 2.75) is 0 Å². The Labute approximate surface area is 137 Å². The molecule has 0 aliphatic heterocycles. The zero-order chi connectivity index (χ0) is 16.1. The van der Waals surface area contributed by atoms with Gasteiger partial charge in [0.15, 0.2) is 0 Å². The molecule has 0 saturated heterocycles. The second-order valence-electron chi connectivity index (χ2n) is 4.46. The lowest BCUT2D eigenvalue weighted by atomic mass is 10.2. The Bertz CT molecular complexity index is 856. The SMILES string of the molecule is CON/C=N/c1nc2nccc(/C=C\c3ccc(Cl)cc3)n2n1. The Hall–Kier alpha value is -2.77. The van der Waals surface area contributed by atoms with Crippen LogP contribution in [0.25, 0.3) is 17.9 Å². The summed E-state index contributed by atoms with van der Waals surface area (Å²) in [4.78, 5) is 17.1. The van der Waals surface area contributed by atoms with E-state index >= 15 is 0 Å². The zero-order valence-corrected chi connectivity index (χ0v) is 13.0. The van der Waals surface area contributed by atoms with Crippen LogP contribution in [0, 0.1) is 0 Å². The molecule has 2 aromatic heterocycles. The second kappa shape index (κ2) is 6.99. The van der Waals surface area contributed by atoms with Gasteiger partial charge in [0.2, 0.25) is 0 Å². The smallest absolute Gasteiger partial charge is 0.272 e. The van der Waals surface area contributed by atoms with Gasteiger partial charge in [-0.2, -0.15) is 14.5 Å². The van der Waals surface area contributed by atoms with E-state index in [9.17, 15) is 0 Å². The first kappa shape index (κ1) is 15.1. The van der Waals surface area contributed by atoms with E-state index in [4.69, 9.17) is 11.6 Å². The van der Waals surface area contributed by atoms with Crippen molar-refractivity contribution in [3.63, 3.8) is 0 Å². The lowest BCUT2D eigenvalue weighted by Gasteiger charge is -1.97. The average Bonchev–Trinajstić information content (AvgIpc) is 2.98. The fourth-order valence-electron chi connectivity index (χ4n) is 1.87. The normalized spacial score (nSPS) is 11.7. The first-order valence-electron chi connectivity index (χ1n) is 6.73. The summed E-state index contributed by atoms with van der Waals surface area (Å²) in [5, 5.41) is 4.99. The van der Waals surface area contributed by atoms with Gasteiger partial charge in [0.1, 0.15) is 6.34 Å². The maximum atomic E-state index is 5.88. The first-order valence-corrected chi connectivity index (χ1v) is 7.10. The molecular weight excluding hydrogens is 316 g/mol. The van der Waals surface area contributed by atoms with Gasteiger partial charge in [-0.15, -0.1) is 5.10 Å². The van der Waals surface area contributed by atoms with Crippen LogP contribution in [0.2, 0.25) is 5.02 Å². The van der Waals surface area contributed by atoms with E-state index in [2.05, 4.69) is 30.4 Å². The van der Waals surface area contributed by atoms with Crippen LogP contribution in [0.1, 0.15) is 11.3 Å². The van der Waals surface area contributed by atoms with E-state index in [1.165, 1.54) is 13.4 Å². The standard InChI is InChI=1S/C15H13ClN6O/c1-23-19-10-18-14-20-15-17-9-8-13(22(15)21-14)7-4-11-2-5-12(16)6-3-11/h2-10H,1H3,(H,18,19,21)/b7-4-. The summed E-state index contributed by atoms with van der Waals surface area (Å²) in [7, 11) is 1.49. The molecule has 8 heteroatoms. The number of nitrogens with one attached hydrogen (secondary N) is 1. The van der Waals surface area contributed by atoms with Crippen LogP contribution in [0.3, 0.4) is 0 Å². The quantitative estimate of drug-likeness (QED) is 0.443. The van der Waals surface area contributed by atoms with E-state index in [0.717, 1.165) is 11.3 Å². The minimum atomic E-state index is 0.286. The zero-order valence-electron chi connectivity index (χ0n) is 12.2. The summed E-state index contributed by atoms with van der Waals surface area (Å²) in [5.74, 6) is 0.752. The Kier molecular flexibility index (Phi) is 4.60. The third-order valence-corrected chi connectivity index (χ3v) is 3.18. The van der Waals surface area contributed by atoms with Crippen molar-refractivity contribution in [2.75, 3.05) is 7.11 Å². The number of rotatable bonds is 5. The minimum Gasteiger partial charge on any atom is -0.279 e. The largest absolute Gasteiger partial charge is 0.279 e. The molecule has 0 unspecified atom stereocenters. The van der Waals surface area contributed by atoms with Crippen molar-refractivity contribution in [1.82, 2.24) is 25.1 Å². The fraction of sp³-hybridized carbons (Fsp3) is 0.0667. The van der Waals surface area contributed by atoms with Crippen LogP contribution >= 0.6 is 11.6 Å². The highest BCUT2D eigenvalue weighted by Crippen LogP contribution is 2.14. The van der Waals surface area contributed by atoms with Gasteiger partial charge in [0.05, 0.1) is 12.8 Å². The summed E-state index contributed by atoms with van der Waals surface area (Å²) < 4.78 is 1.62. The summed E-state index contributed by atoms with van der Waals surface area (Å²) in [5.41, 5.74) is 4.34. The Morgan fingerprint density at radius 2 is 2.04 bits per heavy atom. The lowest BCUT2D eigenvalue weighted by molar-refractivity contribution is 0.148. The van der Waals surface area contributed by atoms with Gasteiger partial charge >= 0.3 is 0 Å². The molecule has 3 aromatic rings. The molecule has 0 bridgehead atoms. The molecule has 0 spiro atoms. The molecule has 0 aliphatic carbocycles. The second-order valence-corrected chi connectivity index (χ2v) is 4.89. The number of hydrogen-bond donors (Lipinski definition) is 1. The van der Waals surface area contributed by atoms with Crippen LogP contribution in [0.5, 0.6) is 0 Å². The Balaban J connectivity index is 1.89. The monoisotopic (exact) mass is 328 g/mol. The molecule has 23 heavy (non-hydrogen) atoms. The lowest BCUT2D eigenvalue weighted by Crippen LogP contribution is -2.07. The molecule has 0 fully saturated rings. The Morgan fingerprint density at radius 3 is 2.83 bits per heavy atom. The highest BCUT2D eigenvalue weighted by Gasteiger charge is 2.05. The van der Waals surface area contributed by atoms with Crippen molar-refractivity contribution < 1.29 is 4.84 Å². The van der Waals surface area contributed by atoms with Crippen LogP contribution in [0.4, 0.5) is 5.95 Å². The molecule has 0 radical (unpaired) electrons. The number of hydrogen-bond acceptors (Lipinski definition) is 5. The van der Waals surface area contributed by atoms with E-state index in [1.807, 2.05) is 42.5 Å². The number of benzene rings is 1. The summed E-state index contributed by atoms with van der Waals surface area (Å²) >= 11 is 5.88. The number of aromatic nitrogens is 4. The number of aliphatic imine (C=N–C) groups is 1. The molecule has 2 heterocycles. The van der Waals surface area contributed by atoms with Crippen LogP contribution in [-0.4, -0.2) is 33.0 Å². The number of hydroxylamine groups is 1. The number of nitrogens with zero attached hydrogens (tertiary/aromatic N) is 5. The molecule has 0 atom stereocenters. The molecular formula is C15H13ClN6O. The van der Waals surface area contributed by atoms with Crippen molar-refractivity contribution >= 4 is 41.8 Å². The summed E-state index contributed by atoms with van der Waals surface area (Å²) in [6.07, 6.45) is 6.92. The molecule has 3 rings (SSSR count). The third-order valence-electron chi connectivity index (χ3n) is 2.93. The van der Waals surface area contributed by atoms with Crippen molar-refractivity contribution in [2.24, 2.45) is 4.99 Å². The van der Waals surface area contributed by atoms with Crippen LogP contribution in [0.15, 0.2) is 41.5 Å². The fourth-order valence-corrected chi connectivity index (χ4v) is 2.00. The Morgan fingerprint density at radius 1 is 1.22 bits per heavy atom. The predicted molar refractivity (Wildman–Crippen MR) is 89.5 cm³/mol. The van der Waals surface area contributed by atoms with Gasteiger partial charge in [0, 0.05) is 11.2 Å². The molecule has 116 valence electrons. The average molecular weight is 329 g/mol. The van der Waals surface area contributed by atoms with E-state index in [1.54, 1.807) is 10.7 Å². The highest BCUT2D eigenvalue weighted by molar-refractivity contribution is 6.30. The topological polar surface area (TPSA) is 76.7 Å². The predicted octanol–water partition coefficient (Wildman–Crippen LogP) is 2.76. The number of halogens is 1. The van der Waals surface area contributed by atoms with Crippen LogP contribution in [-0.2, 0) is 4.84 Å². The first-order chi connectivity index (χ1) is 11.3. The van der Waals surface area contributed by atoms with E-state index in [0.29, 0.717) is 10.8 Å². The minimum absolute atomic E-state index is 0.286. The van der Waals surface area contributed by atoms with Crippen molar-refractivity contribution in [1.29, 1.82) is 0 Å². The van der Waals surface area contributed by atoms with Crippen molar-refractivity contribution in [3.05, 3.63) is 52.8 Å². The van der Waals surface area contributed by atoms with Gasteiger partial charge in [0.25, 0.3) is 11.7 Å². The maximum absolute atomic E-state index is 5.88. The number of fused-ring (bicyclic) bond motifs is 1. The third kappa shape index (κ3) is 3.71. The van der Waals surface area contributed by atoms with Gasteiger partial charge in [-0.3, -0.25) is 10.3 Å². The highest BCUT2D eigenvalue weighted by atomic mass is 35.5.